The molecule has 2 aliphatic rings. The summed E-state index contributed by atoms with van der Waals surface area (Å²) in [5, 5.41) is 10.2. The summed E-state index contributed by atoms with van der Waals surface area (Å²) in [6.07, 6.45) is 9.21. The van der Waals surface area contributed by atoms with E-state index in [0.717, 1.165) is 24.2 Å². The molecule has 168 valence electrons. The van der Waals surface area contributed by atoms with Crippen LogP contribution in [0.2, 0.25) is 0 Å². The van der Waals surface area contributed by atoms with Gasteiger partial charge in [-0.3, -0.25) is 9.69 Å². The van der Waals surface area contributed by atoms with Crippen molar-refractivity contribution in [1.29, 1.82) is 0 Å². The van der Waals surface area contributed by atoms with Gasteiger partial charge < -0.3 is 15.0 Å². The van der Waals surface area contributed by atoms with Crippen LogP contribution >= 0.6 is 0 Å². The number of imidazole rings is 1. The molecule has 6 heteroatoms. The monoisotopic (exact) mass is 440 g/mol. The number of aromatic amines is 1. The van der Waals surface area contributed by atoms with Gasteiger partial charge in [-0.1, -0.05) is 72.8 Å². The first kappa shape index (κ1) is 21.2. The van der Waals surface area contributed by atoms with E-state index in [1.54, 1.807) is 6.33 Å². The van der Waals surface area contributed by atoms with Crippen molar-refractivity contribution >= 4 is 5.97 Å². The Labute approximate surface area is 193 Å². The zero-order chi connectivity index (χ0) is 22.6. The minimum atomic E-state index is -0.816. The molecule has 2 atom stereocenters. The van der Waals surface area contributed by atoms with Crippen LogP contribution in [-0.4, -0.2) is 50.5 Å². The molecule has 3 aromatic rings. The molecule has 2 N–H and O–H groups in total. The van der Waals surface area contributed by atoms with Crippen molar-refractivity contribution < 1.29 is 9.90 Å². The van der Waals surface area contributed by atoms with E-state index in [0.29, 0.717) is 19.6 Å². The highest BCUT2D eigenvalue weighted by Crippen LogP contribution is 2.36. The third-order valence-electron chi connectivity index (χ3n) is 6.52. The Morgan fingerprint density at radius 1 is 1.09 bits per heavy atom. The van der Waals surface area contributed by atoms with Gasteiger partial charge in [-0.05, 0) is 23.1 Å². The molecule has 6 nitrogen and oxygen atoms in total. The molecule has 0 radical (unpaired) electrons. The molecular weight excluding hydrogens is 412 g/mol. The topological polar surface area (TPSA) is 72.5 Å². The SMILES string of the molecule is O=C(O)C(c1ccccc1)N1CCN(Cc2c[nH]cn2)C2=CCC(c3ccccc3)C=C2C1. The van der Waals surface area contributed by atoms with E-state index in [2.05, 4.69) is 56.2 Å². The average molecular weight is 441 g/mol. The van der Waals surface area contributed by atoms with Crippen LogP contribution in [0.3, 0.4) is 0 Å². The summed E-state index contributed by atoms with van der Waals surface area (Å²) >= 11 is 0. The molecule has 1 aliphatic carbocycles. The fraction of sp³-hybridized carbons (Fsp3) is 0.259. The summed E-state index contributed by atoms with van der Waals surface area (Å²) in [6.45, 7) is 2.68. The van der Waals surface area contributed by atoms with Crippen molar-refractivity contribution in [3.63, 3.8) is 0 Å². The van der Waals surface area contributed by atoms with E-state index < -0.39 is 12.0 Å². The highest BCUT2D eigenvalue weighted by molar-refractivity contribution is 5.75. The molecule has 1 fully saturated rings. The predicted octanol–water partition coefficient (Wildman–Crippen LogP) is 4.35. The molecule has 0 spiro atoms. The van der Waals surface area contributed by atoms with Crippen LogP contribution in [0.4, 0.5) is 0 Å². The van der Waals surface area contributed by atoms with Gasteiger partial charge in [-0.25, -0.2) is 4.98 Å². The average Bonchev–Trinajstić information content (AvgIpc) is 3.29. The Hall–Kier alpha value is -3.64. The fourth-order valence-electron chi connectivity index (χ4n) is 4.93. The number of allylic oxidation sites excluding steroid dienone is 2. The maximum atomic E-state index is 12.4. The van der Waals surface area contributed by atoms with Crippen molar-refractivity contribution in [3.05, 3.63) is 113 Å². The van der Waals surface area contributed by atoms with Gasteiger partial charge in [0.25, 0.3) is 0 Å². The minimum absolute atomic E-state index is 0.289. The Morgan fingerprint density at radius 3 is 2.55 bits per heavy atom. The first-order valence-electron chi connectivity index (χ1n) is 11.4. The second-order valence-corrected chi connectivity index (χ2v) is 8.64. The fourth-order valence-corrected chi connectivity index (χ4v) is 4.93. The highest BCUT2D eigenvalue weighted by atomic mass is 16.4. The van der Waals surface area contributed by atoms with Crippen molar-refractivity contribution in [2.45, 2.75) is 24.9 Å². The lowest BCUT2D eigenvalue weighted by Crippen LogP contribution is -2.37. The van der Waals surface area contributed by atoms with Crippen LogP contribution in [0, 0.1) is 0 Å². The summed E-state index contributed by atoms with van der Waals surface area (Å²) in [7, 11) is 0. The largest absolute Gasteiger partial charge is 0.480 e. The van der Waals surface area contributed by atoms with Crippen LogP contribution in [0.5, 0.6) is 0 Å². The number of aliphatic carboxylic acids is 1. The van der Waals surface area contributed by atoms with Gasteiger partial charge in [-0.2, -0.15) is 0 Å². The number of fused-ring (bicyclic) bond motifs is 1. The van der Waals surface area contributed by atoms with Gasteiger partial charge in [-0.15, -0.1) is 0 Å². The number of aromatic nitrogens is 2. The molecule has 0 bridgehead atoms. The Morgan fingerprint density at radius 2 is 1.85 bits per heavy atom. The second-order valence-electron chi connectivity index (χ2n) is 8.64. The summed E-state index contributed by atoms with van der Waals surface area (Å²) in [6, 6.07) is 19.4. The first-order chi connectivity index (χ1) is 16.2. The maximum Gasteiger partial charge on any atom is 0.325 e. The lowest BCUT2D eigenvalue weighted by atomic mass is 9.87. The molecule has 1 saturated heterocycles. The number of H-pyrrole nitrogens is 1. The lowest BCUT2D eigenvalue weighted by molar-refractivity contribution is -0.143. The van der Waals surface area contributed by atoms with E-state index in [9.17, 15) is 9.90 Å². The van der Waals surface area contributed by atoms with Gasteiger partial charge in [0, 0.05) is 37.4 Å². The van der Waals surface area contributed by atoms with E-state index >= 15 is 0 Å². The third kappa shape index (κ3) is 4.61. The summed E-state index contributed by atoms with van der Waals surface area (Å²) in [5.41, 5.74) is 5.46. The minimum Gasteiger partial charge on any atom is -0.480 e. The first-order valence-corrected chi connectivity index (χ1v) is 11.4. The maximum absolute atomic E-state index is 12.4. The Bertz CT molecular complexity index is 1140. The van der Waals surface area contributed by atoms with Crippen molar-refractivity contribution in [3.8, 4) is 0 Å². The number of nitrogens with zero attached hydrogens (tertiary/aromatic N) is 3. The quantitative estimate of drug-likeness (QED) is 0.596. The molecule has 0 amide bonds. The summed E-state index contributed by atoms with van der Waals surface area (Å²) in [4.78, 5) is 24.3. The lowest BCUT2D eigenvalue weighted by Gasteiger charge is -2.30. The van der Waals surface area contributed by atoms with Crippen LogP contribution < -0.4 is 0 Å². The van der Waals surface area contributed by atoms with Crippen LogP contribution in [-0.2, 0) is 11.3 Å². The zero-order valence-corrected chi connectivity index (χ0v) is 18.5. The van der Waals surface area contributed by atoms with Gasteiger partial charge in [0.15, 0.2) is 0 Å². The molecule has 2 unspecified atom stereocenters. The van der Waals surface area contributed by atoms with E-state index in [4.69, 9.17) is 0 Å². The van der Waals surface area contributed by atoms with Crippen LogP contribution in [0.15, 0.2) is 96.6 Å². The summed E-state index contributed by atoms with van der Waals surface area (Å²) < 4.78 is 0. The molecule has 2 aromatic carbocycles. The molecule has 33 heavy (non-hydrogen) atoms. The number of carboxylic acid groups (broad SMARTS) is 1. The molecule has 1 aromatic heterocycles. The molecule has 0 saturated carbocycles. The van der Waals surface area contributed by atoms with Crippen molar-refractivity contribution in [2.24, 2.45) is 0 Å². The number of hydrogen-bond acceptors (Lipinski definition) is 4. The second kappa shape index (κ2) is 9.46. The number of nitrogens with one attached hydrogen (secondary N) is 1. The van der Waals surface area contributed by atoms with Crippen LogP contribution in [0.1, 0.15) is 35.2 Å². The Kier molecular flexibility index (Phi) is 6.09. The highest BCUT2D eigenvalue weighted by Gasteiger charge is 2.33. The smallest absolute Gasteiger partial charge is 0.325 e. The van der Waals surface area contributed by atoms with Crippen LogP contribution in [0.25, 0.3) is 0 Å². The third-order valence-corrected chi connectivity index (χ3v) is 6.52. The molecule has 5 rings (SSSR count). The predicted molar refractivity (Wildman–Crippen MR) is 127 cm³/mol. The standard InChI is InChI=1S/C27H28N4O2/c32-27(33)26(21-9-5-2-6-10-21)31-14-13-30(18-24-16-28-19-29-24)25-12-11-22(15-23(25)17-31)20-7-3-1-4-8-20/h1-10,12,15-16,19,22,26H,11,13-14,17-18H2,(H,28,29)(H,32,33). The van der Waals surface area contributed by atoms with E-state index in [-0.39, 0.29) is 5.92 Å². The zero-order valence-electron chi connectivity index (χ0n) is 18.5. The Balaban J connectivity index is 1.50. The number of carboxylic acids is 1. The number of carbonyl (C=O) groups is 1. The van der Waals surface area contributed by atoms with E-state index in [1.807, 2.05) is 42.6 Å². The number of benzene rings is 2. The number of rotatable bonds is 6. The van der Waals surface area contributed by atoms with Gasteiger partial charge >= 0.3 is 5.97 Å². The van der Waals surface area contributed by atoms with Gasteiger partial charge in [0.2, 0.25) is 0 Å². The molecular formula is C27H28N4O2. The van der Waals surface area contributed by atoms with Gasteiger partial charge in [0.1, 0.15) is 6.04 Å². The molecule has 2 heterocycles. The van der Waals surface area contributed by atoms with Crippen molar-refractivity contribution in [2.75, 3.05) is 19.6 Å². The summed E-state index contributed by atoms with van der Waals surface area (Å²) in [5.74, 6) is -0.527. The van der Waals surface area contributed by atoms with Crippen molar-refractivity contribution in [1.82, 2.24) is 19.8 Å². The molecule has 1 aliphatic heterocycles. The van der Waals surface area contributed by atoms with E-state index in [1.165, 1.54) is 16.8 Å². The van der Waals surface area contributed by atoms with Gasteiger partial charge in [0.05, 0.1) is 18.6 Å². The number of hydrogen-bond donors (Lipinski definition) is 2. The normalized spacial score (nSPS) is 19.8.